The van der Waals surface area contributed by atoms with Crippen LogP contribution in [0.1, 0.15) is 158 Å². The molecule has 0 aromatic rings. The molecule has 0 unspecified atom stereocenters. The summed E-state index contributed by atoms with van der Waals surface area (Å²) in [5.74, 6) is 3.21. The standard InChI is InChI=1S/4C8H17O.Sn/c4*1-8(2)6-4-3-5-7-9;/h4*8H,3-7H2,1-2H3;/q4*-1;+4. The molecule has 37 heavy (non-hydrogen) atoms. The van der Waals surface area contributed by atoms with Gasteiger partial charge >= 0.3 is 23.9 Å². The van der Waals surface area contributed by atoms with E-state index in [0.717, 1.165) is 75.0 Å². The van der Waals surface area contributed by atoms with Crippen molar-refractivity contribution in [2.24, 2.45) is 23.7 Å². The molecular weight excluding hydrogens is 567 g/mol. The van der Waals surface area contributed by atoms with E-state index in [1.165, 1.54) is 51.4 Å². The first-order valence-electron chi connectivity index (χ1n) is 15.4. The predicted molar refractivity (Wildman–Crippen MR) is 158 cm³/mol. The summed E-state index contributed by atoms with van der Waals surface area (Å²) in [5.41, 5.74) is 0. The molecule has 0 aliphatic rings. The van der Waals surface area contributed by atoms with Crippen LogP contribution in [0.15, 0.2) is 0 Å². The van der Waals surface area contributed by atoms with Crippen LogP contribution in [-0.2, 0) is 0 Å². The van der Waals surface area contributed by atoms with Crippen molar-refractivity contribution in [1.29, 1.82) is 0 Å². The Hall–Kier alpha value is 0.639. The molecule has 4 nitrogen and oxygen atoms in total. The Morgan fingerprint density at radius 3 is 0.568 bits per heavy atom. The van der Waals surface area contributed by atoms with Gasteiger partial charge in [-0.15, -0.1) is 26.4 Å². The molecule has 0 radical (unpaired) electrons. The van der Waals surface area contributed by atoms with Gasteiger partial charge in [0.05, 0.1) is 0 Å². The maximum absolute atomic E-state index is 9.97. The molecule has 0 spiro atoms. The summed E-state index contributed by atoms with van der Waals surface area (Å²) in [5, 5.41) is 39.9. The Kier molecular flexibility index (Phi) is 56.0. The van der Waals surface area contributed by atoms with Gasteiger partial charge in [0, 0.05) is 0 Å². The van der Waals surface area contributed by atoms with E-state index in [1.807, 2.05) is 0 Å². The molecule has 0 bridgehead atoms. The van der Waals surface area contributed by atoms with Crippen molar-refractivity contribution in [3.63, 3.8) is 0 Å². The molecule has 0 saturated heterocycles. The molecule has 0 aromatic carbocycles. The van der Waals surface area contributed by atoms with Crippen molar-refractivity contribution in [2.75, 3.05) is 26.4 Å². The molecule has 0 saturated carbocycles. The smallest absolute Gasteiger partial charge is 0.854 e. The van der Waals surface area contributed by atoms with E-state index in [9.17, 15) is 20.4 Å². The van der Waals surface area contributed by atoms with Crippen LogP contribution in [-0.4, -0.2) is 50.3 Å². The molecule has 224 valence electrons. The molecular formula is C32H68O4Sn. The van der Waals surface area contributed by atoms with E-state index >= 15 is 0 Å². The van der Waals surface area contributed by atoms with E-state index < -0.39 is 0 Å². The molecule has 0 atom stereocenters. The fourth-order valence-electron chi connectivity index (χ4n) is 3.33. The normalized spacial score (nSPS) is 10.4. The number of rotatable bonds is 20. The van der Waals surface area contributed by atoms with Crippen molar-refractivity contribution < 1.29 is 20.4 Å². The maximum atomic E-state index is 9.97. The summed E-state index contributed by atoms with van der Waals surface area (Å²) < 4.78 is 0. The van der Waals surface area contributed by atoms with E-state index in [-0.39, 0.29) is 50.3 Å². The zero-order chi connectivity index (χ0) is 28.5. The summed E-state index contributed by atoms with van der Waals surface area (Å²) >= 11 is 0. The monoisotopic (exact) mass is 636 g/mol. The first-order chi connectivity index (χ1) is 17.1. The third-order valence-electron chi connectivity index (χ3n) is 5.70. The van der Waals surface area contributed by atoms with Crippen LogP contribution in [0.25, 0.3) is 0 Å². The van der Waals surface area contributed by atoms with Gasteiger partial charge in [0.25, 0.3) is 0 Å². The van der Waals surface area contributed by atoms with Crippen LogP contribution < -0.4 is 20.4 Å². The summed E-state index contributed by atoms with van der Waals surface area (Å²) in [4.78, 5) is 0. The Labute approximate surface area is 251 Å². The average molecular weight is 636 g/mol. The van der Waals surface area contributed by atoms with Gasteiger partial charge in [0.1, 0.15) is 0 Å². The van der Waals surface area contributed by atoms with Crippen LogP contribution in [0.3, 0.4) is 0 Å². The van der Waals surface area contributed by atoms with Crippen molar-refractivity contribution in [2.45, 2.75) is 158 Å². The third-order valence-corrected chi connectivity index (χ3v) is 5.70. The minimum atomic E-state index is 0. The molecule has 0 heterocycles. The number of unbranched alkanes of at least 4 members (excludes halogenated alkanes) is 8. The zero-order valence-corrected chi connectivity index (χ0v) is 29.4. The minimum absolute atomic E-state index is 0. The average Bonchev–Trinajstić information content (AvgIpc) is 2.81. The van der Waals surface area contributed by atoms with Crippen LogP contribution in [0.4, 0.5) is 0 Å². The van der Waals surface area contributed by atoms with E-state index in [2.05, 4.69) is 55.4 Å². The van der Waals surface area contributed by atoms with Gasteiger partial charge in [-0.2, -0.15) is 0 Å². The van der Waals surface area contributed by atoms with Crippen LogP contribution in [0.5, 0.6) is 0 Å². The van der Waals surface area contributed by atoms with Crippen molar-refractivity contribution in [1.82, 2.24) is 0 Å². The predicted octanol–water partition coefficient (Wildman–Crippen LogP) is 5.87. The third kappa shape index (κ3) is 72.4. The van der Waals surface area contributed by atoms with Crippen LogP contribution in [0.2, 0.25) is 0 Å². The van der Waals surface area contributed by atoms with Crippen molar-refractivity contribution in [3.8, 4) is 0 Å². The van der Waals surface area contributed by atoms with Crippen molar-refractivity contribution >= 4 is 23.9 Å². The quantitative estimate of drug-likeness (QED) is 0.124. The van der Waals surface area contributed by atoms with Crippen LogP contribution >= 0.6 is 0 Å². The number of hydrogen-bond donors (Lipinski definition) is 0. The summed E-state index contributed by atoms with van der Waals surface area (Å²) in [6.07, 6.45) is 18.0. The SMILES string of the molecule is CC(C)CCCCC[O-].CC(C)CCCCC[O-].CC(C)CCCCC[O-].CC(C)CCCCC[O-].[Sn+4]. The molecule has 0 fully saturated rings. The minimum Gasteiger partial charge on any atom is -0.854 e. The maximum Gasteiger partial charge on any atom is 4.00 e. The molecule has 0 N–H and O–H groups in total. The fourth-order valence-corrected chi connectivity index (χ4v) is 3.33. The topological polar surface area (TPSA) is 92.2 Å². The molecule has 0 aromatic heterocycles. The van der Waals surface area contributed by atoms with Gasteiger partial charge in [-0.1, -0.05) is 158 Å². The Morgan fingerprint density at radius 2 is 0.459 bits per heavy atom. The largest absolute Gasteiger partial charge is 4.00 e. The Balaban J connectivity index is -0.000000122. The van der Waals surface area contributed by atoms with E-state index in [4.69, 9.17) is 0 Å². The first kappa shape index (κ1) is 47.4. The first-order valence-corrected chi connectivity index (χ1v) is 15.4. The Morgan fingerprint density at radius 1 is 0.297 bits per heavy atom. The second-order valence-corrected chi connectivity index (χ2v) is 11.8. The molecule has 0 amide bonds. The van der Waals surface area contributed by atoms with Gasteiger partial charge in [-0.05, 0) is 23.7 Å². The van der Waals surface area contributed by atoms with Gasteiger partial charge in [-0.3, -0.25) is 0 Å². The number of hydrogen-bond acceptors (Lipinski definition) is 4. The zero-order valence-electron chi connectivity index (χ0n) is 26.6. The second-order valence-electron chi connectivity index (χ2n) is 11.8. The Bertz CT molecular complexity index is 273. The van der Waals surface area contributed by atoms with E-state index in [1.54, 1.807) is 0 Å². The summed E-state index contributed by atoms with van der Waals surface area (Å²) in [6.45, 7) is 18.2. The van der Waals surface area contributed by atoms with Crippen molar-refractivity contribution in [3.05, 3.63) is 0 Å². The van der Waals surface area contributed by atoms with Gasteiger partial charge in [-0.25, -0.2) is 0 Å². The molecule has 0 aliphatic heterocycles. The van der Waals surface area contributed by atoms with Gasteiger partial charge in [0.2, 0.25) is 0 Å². The summed E-state index contributed by atoms with van der Waals surface area (Å²) in [7, 11) is 0. The molecule has 5 heteroatoms. The molecule has 0 rings (SSSR count). The van der Waals surface area contributed by atoms with Crippen LogP contribution in [0, 0.1) is 23.7 Å². The fraction of sp³-hybridized carbons (Fsp3) is 1.00. The van der Waals surface area contributed by atoms with Gasteiger partial charge < -0.3 is 20.4 Å². The second kappa shape index (κ2) is 43.7. The summed E-state index contributed by atoms with van der Waals surface area (Å²) in [6, 6.07) is 0. The van der Waals surface area contributed by atoms with E-state index in [0.29, 0.717) is 0 Å². The molecule has 0 aliphatic carbocycles. The van der Waals surface area contributed by atoms with Gasteiger partial charge in [0.15, 0.2) is 0 Å².